The lowest BCUT2D eigenvalue weighted by molar-refractivity contribution is 0.0728. The van der Waals surface area contributed by atoms with Gasteiger partial charge in [-0.25, -0.2) is 8.42 Å². The van der Waals surface area contributed by atoms with Crippen molar-refractivity contribution >= 4 is 28.3 Å². The highest BCUT2D eigenvalue weighted by Crippen LogP contribution is 2.20. The van der Waals surface area contributed by atoms with Gasteiger partial charge < -0.3 is 15.4 Å². The molecule has 148 valence electrons. The molecule has 0 aromatic heterocycles. The zero-order chi connectivity index (χ0) is 18.7. The van der Waals surface area contributed by atoms with Gasteiger partial charge in [-0.2, -0.15) is 4.31 Å². The lowest BCUT2D eigenvalue weighted by Crippen LogP contribution is -2.41. The fourth-order valence-electron chi connectivity index (χ4n) is 2.72. The molecule has 1 fully saturated rings. The first-order valence-corrected chi connectivity index (χ1v) is 9.75. The summed E-state index contributed by atoms with van der Waals surface area (Å²) in [7, 11) is -1.92. The lowest BCUT2D eigenvalue weighted by Gasteiger charge is -2.29. The fourth-order valence-corrected chi connectivity index (χ4v) is 4.18. The molecule has 2 N–H and O–H groups in total. The Kier molecular flexibility index (Phi) is 8.04. The first-order chi connectivity index (χ1) is 11.7. The molecule has 1 heterocycles. The second-order valence-corrected chi connectivity index (χ2v) is 9.01. The van der Waals surface area contributed by atoms with Crippen molar-refractivity contribution in [1.29, 1.82) is 0 Å². The monoisotopic (exact) mass is 405 g/mol. The molecule has 0 spiro atoms. The SMILES string of the molecule is CN(CC(C)(C)CN)C(=O)c1cccc(S(=O)(=O)N2CCOCC2)c1.Cl. The minimum Gasteiger partial charge on any atom is -0.379 e. The van der Waals surface area contributed by atoms with Gasteiger partial charge >= 0.3 is 0 Å². The number of hydrogen-bond acceptors (Lipinski definition) is 5. The molecule has 0 saturated carbocycles. The topological polar surface area (TPSA) is 92.9 Å². The zero-order valence-corrected chi connectivity index (χ0v) is 17.1. The third kappa shape index (κ3) is 5.40. The summed E-state index contributed by atoms with van der Waals surface area (Å²) in [5.74, 6) is -0.222. The molecule has 1 aromatic carbocycles. The zero-order valence-electron chi connectivity index (χ0n) is 15.5. The van der Waals surface area contributed by atoms with E-state index in [2.05, 4.69) is 0 Å². The van der Waals surface area contributed by atoms with Crippen molar-refractivity contribution in [2.75, 3.05) is 46.4 Å². The predicted octanol–water partition coefficient (Wildman–Crippen LogP) is 1.19. The van der Waals surface area contributed by atoms with E-state index >= 15 is 0 Å². The van der Waals surface area contributed by atoms with E-state index in [0.717, 1.165) is 0 Å². The van der Waals surface area contributed by atoms with Crippen LogP contribution in [0.15, 0.2) is 29.2 Å². The van der Waals surface area contributed by atoms with Crippen LogP contribution in [-0.4, -0.2) is 70.0 Å². The molecule has 1 amide bonds. The second kappa shape index (κ2) is 9.14. The van der Waals surface area contributed by atoms with Gasteiger partial charge in [0.2, 0.25) is 10.0 Å². The number of rotatable bonds is 6. The van der Waals surface area contributed by atoms with Crippen LogP contribution in [0.4, 0.5) is 0 Å². The van der Waals surface area contributed by atoms with Gasteiger partial charge in [-0.05, 0) is 30.2 Å². The summed E-state index contributed by atoms with van der Waals surface area (Å²) in [5, 5.41) is 0. The average Bonchev–Trinajstić information content (AvgIpc) is 2.61. The van der Waals surface area contributed by atoms with E-state index in [4.69, 9.17) is 10.5 Å². The Bertz CT molecular complexity index is 718. The summed E-state index contributed by atoms with van der Waals surface area (Å²) < 4.78 is 32.1. The largest absolute Gasteiger partial charge is 0.379 e. The first kappa shape index (κ1) is 22.9. The van der Waals surface area contributed by atoms with Gasteiger partial charge in [0.05, 0.1) is 18.1 Å². The van der Waals surface area contributed by atoms with Gasteiger partial charge in [-0.15, -0.1) is 12.4 Å². The number of nitrogens with zero attached hydrogens (tertiary/aromatic N) is 2. The first-order valence-electron chi connectivity index (χ1n) is 8.31. The molecule has 0 unspecified atom stereocenters. The number of carbonyl (C=O) groups excluding carboxylic acids is 1. The van der Waals surface area contributed by atoms with Crippen LogP contribution in [0.25, 0.3) is 0 Å². The van der Waals surface area contributed by atoms with E-state index < -0.39 is 10.0 Å². The Morgan fingerprint density at radius 2 is 1.92 bits per heavy atom. The fraction of sp³-hybridized carbons (Fsp3) is 0.588. The molecule has 0 bridgehead atoms. The van der Waals surface area contributed by atoms with Crippen molar-refractivity contribution in [3.05, 3.63) is 29.8 Å². The quantitative estimate of drug-likeness (QED) is 0.767. The van der Waals surface area contributed by atoms with Crippen molar-refractivity contribution in [3.63, 3.8) is 0 Å². The minimum atomic E-state index is -3.62. The summed E-state index contributed by atoms with van der Waals surface area (Å²) >= 11 is 0. The van der Waals surface area contributed by atoms with Crippen LogP contribution in [0.2, 0.25) is 0 Å². The van der Waals surface area contributed by atoms with Crippen LogP contribution in [0, 0.1) is 5.41 Å². The normalized spacial score (nSPS) is 16.0. The summed E-state index contributed by atoms with van der Waals surface area (Å²) in [4.78, 5) is 14.4. The number of nitrogens with two attached hydrogens (primary N) is 1. The molecule has 26 heavy (non-hydrogen) atoms. The molecule has 2 rings (SSSR count). The smallest absolute Gasteiger partial charge is 0.253 e. The highest BCUT2D eigenvalue weighted by atomic mass is 35.5. The Hall–Kier alpha value is -1.19. The number of morpholine rings is 1. The second-order valence-electron chi connectivity index (χ2n) is 7.07. The maximum Gasteiger partial charge on any atom is 0.253 e. The number of ether oxygens (including phenoxy) is 1. The number of amides is 1. The third-order valence-corrected chi connectivity index (χ3v) is 6.15. The average molecular weight is 406 g/mol. The van der Waals surface area contributed by atoms with Crippen LogP contribution < -0.4 is 5.73 Å². The van der Waals surface area contributed by atoms with E-state index in [1.165, 1.54) is 16.4 Å². The molecule has 0 aliphatic carbocycles. The number of hydrogen-bond donors (Lipinski definition) is 1. The molecular formula is C17H28ClN3O4S. The van der Waals surface area contributed by atoms with Crippen LogP contribution in [0.3, 0.4) is 0 Å². The van der Waals surface area contributed by atoms with Gasteiger partial charge in [-0.1, -0.05) is 19.9 Å². The Morgan fingerprint density at radius 1 is 1.31 bits per heavy atom. The maximum absolute atomic E-state index is 12.7. The molecule has 1 saturated heterocycles. The molecular weight excluding hydrogens is 378 g/mol. The Balaban J connectivity index is 0.00000338. The van der Waals surface area contributed by atoms with Crippen molar-refractivity contribution < 1.29 is 17.9 Å². The van der Waals surface area contributed by atoms with Gasteiger partial charge in [0.15, 0.2) is 0 Å². The summed E-state index contributed by atoms with van der Waals surface area (Å²) in [6.07, 6.45) is 0. The molecule has 7 nitrogen and oxygen atoms in total. The molecule has 0 atom stereocenters. The number of sulfonamides is 1. The van der Waals surface area contributed by atoms with Gasteiger partial charge in [0.1, 0.15) is 0 Å². The Morgan fingerprint density at radius 3 is 2.50 bits per heavy atom. The molecule has 1 aliphatic heterocycles. The summed E-state index contributed by atoms with van der Waals surface area (Å²) in [6.45, 7) is 6.32. The van der Waals surface area contributed by atoms with E-state index in [1.807, 2.05) is 13.8 Å². The van der Waals surface area contributed by atoms with E-state index in [-0.39, 0.29) is 28.6 Å². The summed E-state index contributed by atoms with van der Waals surface area (Å²) in [6, 6.07) is 6.19. The summed E-state index contributed by atoms with van der Waals surface area (Å²) in [5.41, 5.74) is 5.87. The van der Waals surface area contributed by atoms with E-state index in [9.17, 15) is 13.2 Å². The van der Waals surface area contributed by atoms with Crippen molar-refractivity contribution in [1.82, 2.24) is 9.21 Å². The molecule has 1 aromatic rings. The highest BCUT2D eigenvalue weighted by molar-refractivity contribution is 7.89. The number of halogens is 1. The number of benzene rings is 1. The van der Waals surface area contributed by atoms with Gasteiger partial charge in [0.25, 0.3) is 5.91 Å². The molecule has 1 aliphatic rings. The lowest BCUT2D eigenvalue weighted by atomic mass is 9.93. The van der Waals surface area contributed by atoms with Crippen LogP contribution >= 0.6 is 12.4 Å². The van der Waals surface area contributed by atoms with Crippen LogP contribution in [0.1, 0.15) is 24.2 Å². The van der Waals surface area contributed by atoms with Gasteiger partial charge in [0, 0.05) is 32.2 Å². The maximum atomic E-state index is 12.7. The number of carbonyl (C=O) groups is 1. The standard InChI is InChI=1S/C17H27N3O4S.ClH/c1-17(2,12-18)13-19(3)16(21)14-5-4-6-15(11-14)25(22,23)20-7-9-24-10-8-20;/h4-6,11H,7-10,12-13,18H2,1-3H3;1H. The highest BCUT2D eigenvalue weighted by Gasteiger charge is 2.28. The van der Waals surface area contributed by atoms with Crippen molar-refractivity contribution in [3.8, 4) is 0 Å². The molecule has 9 heteroatoms. The molecule has 0 radical (unpaired) electrons. The van der Waals surface area contributed by atoms with Crippen LogP contribution in [-0.2, 0) is 14.8 Å². The van der Waals surface area contributed by atoms with Crippen molar-refractivity contribution in [2.45, 2.75) is 18.7 Å². The predicted molar refractivity (Wildman–Crippen MR) is 103 cm³/mol. The van der Waals surface area contributed by atoms with Crippen LogP contribution in [0.5, 0.6) is 0 Å². The Labute approximate surface area is 161 Å². The minimum absolute atomic E-state index is 0. The van der Waals surface area contributed by atoms with Crippen molar-refractivity contribution in [2.24, 2.45) is 11.1 Å². The van der Waals surface area contributed by atoms with E-state index in [0.29, 0.717) is 45.0 Å². The third-order valence-electron chi connectivity index (χ3n) is 4.25. The van der Waals surface area contributed by atoms with E-state index in [1.54, 1.807) is 24.1 Å². The van der Waals surface area contributed by atoms with Gasteiger partial charge in [-0.3, -0.25) is 4.79 Å².